The highest BCUT2D eigenvalue weighted by Gasteiger charge is 2.51. The molecule has 0 aromatic heterocycles. The monoisotopic (exact) mass is 314 g/mol. The summed E-state index contributed by atoms with van der Waals surface area (Å²) in [4.78, 5) is 11.2. The highest BCUT2D eigenvalue weighted by molar-refractivity contribution is 9.09. The van der Waals surface area contributed by atoms with Crippen LogP contribution in [-0.4, -0.2) is 32.7 Å². The van der Waals surface area contributed by atoms with Crippen LogP contribution in [0.25, 0.3) is 0 Å². The second-order valence-corrected chi connectivity index (χ2v) is 5.32. The number of carboxylic acids is 1. The van der Waals surface area contributed by atoms with Crippen LogP contribution in [0.15, 0.2) is 24.3 Å². The minimum absolute atomic E-state index is 0.287. The first-order valence-corrected chi connectivity index (χ1v) is 6.89. The lowest BCUT2D eigenvalue weighted by atomic mass is 9.94. The van der Waals surface area contributed by atoms with E-state index in [1.165, 1.54) is 0 Å². The number of aliphatic hydroxyl groups excluding tert-OH is 2. The van der Waals surface area contributed by atoms with Crippen LogP contribution >= 0.6 is 15.9 Å². The van der Waals surface area contributed by atoms with Crippen molar-refractivity contribution in [1.82, 2.24) is 0 Å². The third-order valence-corrected chi connectivity index (χ3v) is 4.15. The van der Waals surface area contributed by atoms with E-state index in [1.807, 2.05) is 0 Å². The molecule has 1 aliphatic rings. The Morgan fingerprint density at radius 3 is 2.22 bits per heavy atom. The van der Waals surface area contributed by atoms with Crippen LogP contribution in [0.4, 0.5) is 0 Å². The van der Waals surface area contributed by atoms with Crippen molar-refractivity contribution in [3.05, 3.63) is 35.4 Å². The lowest BCUT2D eigenvalue weighted by molar-refractivity contribution is -0.140. The van der Waals surface area contributed by atoms with E-state index in [0.717, 1.165) is 5.56 Å². The van der Waals surface area contributed by atoms with E-state index in [4.69, 9.17) is 5.11 Å². The molecule has 5 heteroatoms. The average molecular weight is 315 g/mol. The van der Waals surface area contributed by atoms with Gasteiger partial charge in [-0.25, -0.2) is 0 Å². The average Bonchev–Trinajstić information content (AvgIpc) is 3.18. The molecule has 0 amide bonds. The van der Waals surface area contributed by atoms with Gasteiger partial charge >= 0.3 is 5.97 Å². The fourth-order valence-corrected chi connectivity index (χ4v) is 2.41. The van der Waals surface area contributed by atoms with Crippen LogP contribution < -0.4 is 0 Å². The third kappa shape index (κ3) is 2.30. The molecule has 0 radical (unpaired) electrons. The molecule has 1 aromatic carbocycles. The van der Waals surface area contributed by atoms with Gasteiger partial charge in [0, 0.05) is 5.33 Å². The van der Waals surface area contributed by atoms with Crippen LogP contribution in [0, 0.1) is 0 Å². The minimum atomic E-state index is -0.960. The molecule has 4 nitrogen and oxygen atoms in total. The molecule has 18 heavy (non-hydrogen) atoms. The molecule has 2 unspecified atom stereocenters. The van der Waals surface area contributed by atoms with Gasteiger partial charge in [0.2, 0.25) is 0 Å². The molecule has 0 heterocycles. The number of alkyl halides is 1. The predicted molar refractivity (Wildman–Crippen MR) is 69.8 cm³/mol. The molecule has 3 N–H and O–H groups in total. The molecule has 1 fully saturated rings. The number of rotatable bonds is 5. The number of carboxylic acid groups (broad SMARTS) is 1. The molecular formula is C13H15BrO4. The van der Waals surface area contributed by atoms with Crippen LogP contribution in [0.2, 0.25) is 0 Å². The van der Waals surface area contributed by atoms with Crippen molar-refractivity contribution in [3.63, 3.8) is 0 Å². The summed E-state index contributed by atoms with van der Waals surface area (Å²) >= 11 is 3.10. The Morgan fingerprint density at radius 1 is 1.28 bits per heavy atom. The summed E-state index contributed by atoms with van der Waals surface area (Å²) in [5, 5.41) is 28.8. The molecule has 0 spiro atoms. The molecule has 0 aliphatic heterocycles. The van der Waals surface area contributed by atoms with Crippen molar-refractivity contribution in [1.29, 1.82) is 0 Å². The van der Waals surface area contributed by atoms with Crippen molar-refractivity contribution in [3.8, 4) is 0 Å². The van der Waals surface area contributed by atoms with Gasteiger partial charge in [-0.2, -0.15) is 0 Å². The number of carbonyl (C=O) groups is 1. The van der Waals surface area contributed by atoms with Gasteiger partial charge in [0.1, 0.15) is 6.10 Å². The van der Waals surface area contributed by atoms with E-state index in [-0.39, 0.29) is 5.33 Å². The molecule has 2 rings (SSSR count). The first kappa shape index (κ1) is 13.5. The first-order valence-electron chi connectivity index (χ1n) is 5.77. The Kier molecular flexibility index (Phi) is 3.75. The third-order valence-electron chi connectivity index (χ3n) is 3.49. The number of hydrogen-bond acceptors (Lipinski definition) is 3. The lowest BCUT2D eigenvalue weighted by Gasteiger charge is -2.17. The Hall–Kier alpha value is -0.910. The summed E-state index contributed by atoms with van der Waals surface area (Å²) in [6.07, 6.45) is -0.508. The number of aliphatic hydroxyl groups is 2. The molecule has 0 bridgehead atoms. The molecule has 1 saturated carbocycles. The van der Waals surface area contributed by atoms with Crippen LogP contribution in [0.5, 0.6) is 0 Å². The normalized spacial score (nSPS) is 20.2. The summed E-state index contributed by atoms with van der Waals surface area (Å²) in [6, 6.07) is 6.80. The number of benzene rings is 1. The van der Waals surface area contributed by atoms with E-state index in [9.17, 15) is 15.0 Å². The van der Waals surface area contributed by atoms with Crippen molar-refractivity contribution in [2.24, 2.45) is 0 Å². The summed E-state index contributed by atoms with van der Waals surface area (Å²) < 4.78 is 0. The topological polar surface area (TPSA) is 77.8 Å². The maximum atomic E-state index is 11.2. The summed E-state index contributed by atoms with van der Waals surface area (Å²) in [5.41, 5.74) is 0.628. The molecule has 1 aromatic rings. The van der Waals surface area contributed by atoms with Crippen molar-refractivity contribution >= 4 is 21.9 Å². The zero-order chi connectivity index (χ0) is 13.3. The molecule has 1 aliphatic carbocycles. The standard InChI is InChI=1S/C13H15BrO4/c14-7-10(15)11(16)8-1-3-9(4-2-8)13(5-6-13)12(17)18/h1-4,10-11,15-16H,5-7H2,(H,17,18). The number of aliphatic carboxylic acids is 1. The zero-order valence-electron chi connectivity index (χ0n) is 9.71. The number of hydrogen-bond donors (Lipinski definition) is 3. The predicted octanol–water partition coefficient (Wildman–Crippen LogP) is 1.59. The van der Waals surface area contributed by atoms with E-state index >= 15 is 0 Å². The maximum Gasteiger partial charge on any atom is 0.314 e. The van der Waals surface area contributed by atoms with Gasteiger partial charge in [0.15, 0.2) is 0 Å². The van der Waals surface area contributed by atoms with Gasteiger partial charge in [0.25, 0.3) is 0 Å². The second-order valence-electron chi connectivity index (χ2n) is 4.68. The van der Waals surface area contributed by atoms with Gasteiger partial charge in [-0.1, -0.05) is 40.2 Å². The minimum Gasteiger partial charge on any atom is -0.481 e. The Labute approximate surface area is 113 Å². The van der Waals surface area contributed by atoms with E-state index in [2.05, 4.69) is 15.9 Å². The smallest absolute Gasteiger partial charge is 0.314 e. The van der Waals surface area contributed by atoms with Crippen LogP contribution in [0.3, 0.4) is 0 Å². The van der Waals surface area contributed by atoms with Crippen molar-refractivity contribution in [2.75, 3.05) is 5.33 Å². The first-order chi connectivity index (χ1) is 8.51. The zero-order valence-corrected chi connectivity index (χ0v) is 11.3. The summed E-state index contributed by atoms with van der Waals surface area (Å²) in [5.74, 6) is -0.795. The molecule has 0 saturated heterocycles. The highest BCUT2D eigenvalue weighted by Crippen LogP contribution is 2.48. The van der Waals surface area contributed by atoms with Crippen molar-refractivity contribution in [2.45, 2.75) is 30.5 Å². The van der Waals surface area contributed by atoms with E-state index in [0.29, 0.717) is 18.4 Å². The quantitative estimate of drug-likeness (QED) is 0.721. The van der Waals surface area contributed by atoms with Crippen LogP contribution in [0.1, 0.15) is 30.1 Å². The van der Waals surface area contributed by atoms with E-state index in [1.54, 1.807) is 24.3 Å². The Bertz CT molecular complexity index is 439. The van der Waals surface area contributed by atoms with Crippen LogP contribution in [-0.2, 0) is 10.2 Å². The molecular weight excluding hydrogens is 300 g/mol. The van der Waals surface area contributed by atoms with Crippen molar-refractivity contribution < 1.29 is 20.1 Å². The van der Waals surface area contributed by atoms with E-state index < -0.39 is 23.6 Å². The van der Waals surface area contributed by atoms with Gasteiger partial charge in [0.05, 0.1) is 11.5 Å². The largest absolute Gasteiger partial charge is 0.481 e. The van der Waals surface area contributed by atoms with Gasteiger partial charge in [-0.05, 0) is 24.0 Å². The maximum absolute atomic E-state index is 11.2. The Balaban J connectivity index is 2.18. The SMILES string of the molecule is O=C(O)C1(c2ccc(C(O)C(O)CBr)cc2)CC1. The van der Waals surface area contributed by atoms with Gasteiger partial charge in [-0.15, -0.1) is 0 Å². The highest BCUT2D eigenvalue weighted by atomic mass is 79.9. The summed E-state index contributed by atoms with van der Waals surface area (Å²) in [7, 11) is 0. The summed E-state index contributed by atoms with van der Waals surface area (Å²) in [6.45, 7) is 0. The fraction of sp³-hybridized carbons (Fsp3) is 0.462. The lowest BCUT2D eigenvalue weighted by Crippen LogP contribution is -2.21. The molecule has 2 atom stereocenters. The fourth-order valence-electron chi connectivity index (χ4n) is 2.06. The Morgan fingerprint density at radius 2 is 1.83 bits per heavy atom. The molecule has 98 valence electrons. The van der Waals surface area contributed by atoms with Gasteiger partial charge in [-0.3, -0.25) is 4.79 Å². The van der Waals surface area contributed by atoms with Gasteiger partial charge < -0.3 is 15.3 Å². The number of halogens is 1. The second kappa shape index (κ2) is 4.99.